The number of hydrogen-bond acceptors (Lipinski definition) is 4. The number of aromatic nitrogens is 1. The first-order chi connectivity index (χ1) is 10.8. The maximum atomic E-state index is 12.3. The van der Waals surface area contributed by atoms with Crippen LogP contribution < -0.4 is 10.9 Å². The average Bonchev–Trinajstić information content (AvgIpc) is 2.48. The van der Waals surface area contributed by atoms with E-state index in [1.165, 1.54) is 13.8 Å². The Morgan fingerprint density at radius 3 is 2.65 bits per heavy atom. The van der Waals surface area contributed by atoms with E-state index in [1.54, 1.807) is 24.3 Å². The first-order valence-corrected chi connectivity index (χ1v) is 7.11. The van der Waals surface area contributed by atoms with E-state index in [1.807, 2.05) is 0 Å². The van der Waals surface area contributed by atoms with Gasteiger partial charge in [0, 0.05) is 11.6 Å². The van der Waals surface area contributed by atoms with Crippen molar-refractivity contribution < 1.29 is 9.72 Å². The summed E-state index contributed by atoms with van der Waals surface area (Å²) in [5.41, 5.74) is -0.0625. The van der Waals surface area contributed by atoms with E-state index in [4.69, 9.17) is 11.6 Å². The summed E-state index contributed by atoms with van der Waals surface area (Å²) >= 11 is 5.97. The first kappa shape index (κ1) is 16.7. The summed E-state index contributed by atoms with van der Waals surface area (Å²) in [5.74, 6) is -0.502. The highest BCUT2D eigenvalue weighted by Gasteiger charge is 2.21. The third-order valence-corrected chi connectivity index (χ3v) is 3.71. The number of nitrogens with one attached hydrogen (secondary N) is 1. The summed E-state index contributed by atoms with van der Waals surface area (Å²) < 4.78 is 1.03. The molecule has 0 radical (unpaired) electrons. The van der Waals surface area contributed by atoms with Crippen LogP contribution >= 0.6 is 11.6 Å². The van der Waals surface area contributed by atoms with Gasteiger partial charge in [-0.25, -0.2) is 0 Å². The van der Waals surface area contributed by atoms with Crippen LogP contribution in [0.3, 0.4) is 0 Å². The van der Waals surface area contributed by atoms with Crippen LogP contribution in [0.15, 0.2) is 41.3 Å². The summed E-state index contributed by atoms with van der Waals surface area (Å²) in [4.78, 5) is 34.7. The predicted octanol–water partition coefficient (Wildman–Crippen LogP) is 2.92. The highest BCUT2D eigenvalue weighted by molar-refractivity contribution is 6.33. The third-order valence-electron chi connectivity index (χ3n) is 3.38. The second kappa shape index (κ2) is 6.62. The molecular weight excluding hydrogens is 322 g/mol. The molecule has 7 nitrogen and oxygen atoms in total. The Bertz CT molecular complexity index is 832. The van der Waals surface area contributed by atoms with Gasteiger partial charge in [0.2, 0.25) is 5.91 Å². The van der Waals surface area contributed by atoms with E-state index in [-0.39, 0.29) is 11.3 Å². The molecule has 2 aromatic rings. The number of pyridine rings is 1. The number of para-hydroxylation sites is 1. The summed E-state index contributed by atoms with van der Waals surface area (Å²) in [7, 11) is 0. The Kier molecular flexibility index (Phi) is 4.80. The summed E-state index contributed by atoms with van der Waals surface area (Å²) in [6, 6.07) is 6.86. The van der Waals surface area contributed by atoms with Crippen LogP contribution in [0.25, 0.3) is 0 Å². The fourth-order valence-corrected chi connectivity index (χ4v) is 2.23. The van der Waals surface area contributed by atoms with E-state index in [9.17, 15) is 19.7 Å². The van der Waals surface area contributed by atoms with E-state index in [2.05, 4.69) is 5.32 Å². The van der Waals surface area contributed by atoms with Crippen LogP contribution in [0.1, 0.15) is 18.5 Å². The van der Waals surface area contributed by atoms with Gasteiger partial charge >= 0.3 is 0 Å². The lowest BCUT2D eigenvalue weighted by molar-refractivity contribution is -0.386. The standard InChI is InChI=1S/C15H14ClN3O4/c1-9-7-14(20)18(8-13(9)19(22)23)10(2)15(21)17-12-6-4-3-5-11(12)16/h3-8,10H,1-2H3,(H,17,21). The fourth-order valence-electron chi connectivity index (χ4n) is 2.05. The quantitative estimate of drug-likeness (QED) is 0.686. The number of rotatable bonds is 4. The van der Waals surface area contributed by atoms with Crippen molar-refractivity contribution >= 4 is 28.9 Å². The molecule has 0 bridgehead atoms. The van der Waals surface area contributed by atoms with E-state index in [0.29, 0.717) is 10.7 Å². The molecule has 2 rings (SSSR count). The maximum Gasteiger partial charge on any atom is 0.288 e. The van der Waals surface area contributed by atoms with Crippen LogP contribution in [0, 0.1) is 17.0 Å². The molecule has 1 aromatic carbocycles. The zero-order chi connectivity index (χ0) is 17.1. The zero-order valence-corrected chi connectivity index (χ0v) is 13.2. The van der Waals surface area contributed by atoms with Crippen molar-refractivity contribution in [3.8, 4) is 0 Å². The molecule has 8 heteroatoms. The van der Waals surface area contributed by atoms with Gasteiger partial charge in [-0.3, -0.25) is 24.3 Å². The Hall–Kier alpha value is -2.67. The molecule has 0 aliphatic heterocycles. The highest BCUT2D eigenvalue weighted by atomic mass is 35.5. The number of carbonyl (C=O) groups is 1. The lowest BCUT2D eigenvalue weighted by Crippen LogP contribution is -2.31. The Balaban J connectivity index is 2.33. The number of halogens is 1. The molecule has 1 atom stereocenters. The number of nitro groups is 1. The minimum atomic E-state index is -0.932. The molecule has 120 valence electrons. The number of anilines is 1. The average molecular weight is 336 g/mol. The molecular formula is C15H14ClN3O4. The first-order valence-electron chi connectivity index (χ1n) is 6.74. The molecule has 1 unspecified atom stereocenters. The van der Waals surface area contributed by atoms with Crippen LogP contribution in [0.2, 0.25) is 5.02 Å². The second-order valence-electron chi connectivity index (χ2n) is 4.99. The largest absolute Gasteiger partial charge is 0.323 e. The summed E-state index contributed by atoms with van der Waals surface area (Å²) in [5, 5.41) is 13.9. The molecule has 0 saturated carbocycles. The van der Waals surface area contributed by atoms with Crippen molar-refractivity contribution in [3.63, 3.8) is 0 Å². The second-order valence-corrected chi connectivity index (χ2v) is 5.40. The van der Waals surface area contributed by atoms with Gasteiger partial charge < -0.3 is 5.32 Å². The Morgan fingerprint density at radius 2 is 2.04 bits per heavy atom. The van der Waals surface area contributed by atoms with Crippen molar-refractivity contribution in [2.75, 3.05) is 5.32 Å². The molecule has 23 heavy (non-hydrogen) atoms. The van der Waals surface area contributed by atoms with Gasteiger partial charge in [-0.1, -0.05) is 23.7 Å². The SMILES string of the molecule is Cc1cc(=O)n(C(C)C(=O)Nc2ccccc2Cl)cc1[N+](=O)[O-]. The van der Waals surface area contributed by atoms with Gasteiger partial charge in [0.15, 0.2) is 0 Å². The van der Waals surface area contributed by atoms with E-state index < -0.39 is 22.4 Å². The minimum absolute atomic E-state index is 0.220. The number of amides is 1. The van der Waals surface area contributed by atoms with Crippen molar-refractivity contribution in [1.29, 1.82) is 0 Å². The number of aryl methyl sites for hydroxylation is 1. The van der Waals surface area contributed by atoms with Crippen molar-refractivity contribution in [1.82, 2.24) is 4.57 Å². The maximum absolute atomic E-state index is 12.3. The van der Waals surface area contributed by atoms with Crippen LogP contribution in [0.4, 0.5) is 11.4 Å². The van der Waals surface area contributed by atoms with Gasteiger partial charge in [0.1, 0.15) is 6.04 Å². The predicted molar refractivity (Wildman–Crippen MR) is 86.9 cm³/mol. The van der Waals surface area contributed by atoms with Crippen LogP contribution in [0.5, 0.6) is 0 Å². The zero-order valence-electron chi connectivity index (χ0n) is 12.4. The molecule has 1 aromatic heterocycles. The van der Waals surface area contributed by atoms with Gasteiger partial charge in [0.25, 0.3) is 11.2 Å². The van der Waals surface area contributed by atoms with Gasteiger partial charge in [0.05, 0.1) is 21.8 Å². The third kappa shape index (κ3) is 3.57. The fraction of sp³-hybridized carbons (Fsp3) is 0.200. The molecule has 0 aliphatic rings. The monoisotopic (exact) mass is 335 g/mol. The molecule has 0 spiro atoms. The van der Waals surface area contributed by atoms with Gasteiger partial charge in [-0.05, 0) is 26.0 Å². The normalized spacial score (nSPS) is 11.8. The van der Waals surface area contributed by atoms with E-state index >= 15 is 0 Å². The van der Waals surface area contributed by atoms with Crippen molar-refractivity contribution in [3.05, 3.63) is 67.6 Å². The number of nitrogens with zero attached hydrogens (tertiary/aromatic N) is 2. The van der Waals surface area contributed by atoms with Crippen LogP contribution in [-0.2, 0) is 4.79 Å². The molecule has 1 amide bonds. The summed E-state index contributed by atoms with van der Waals surface area (Å²) in [6.07, 6.45) is 1.08. The smallest absolute Gasteiger partial charge is 0.288 e. The highest BCUT2D eigenvalue weighted by Crippen LogP contribution is 2.22. The minimum Gasteiger partial charge on any atom is -0.323 e. The molecule has 1 N–H and O–H groups in total. The Morgan fingerprint density at radius 1 is 1.39 bits per heavy atom. The molecule has 0 aliphatic carbocycles. The molecule has 0 fully saturated rings. The number of carbonyl (C=O) groups excluding carboxylic acids is 1. The lowest BCUT2D eigenvalue weighted by atomic mass is 10.2. The Labute approximate surface area is 136 Å². The number of hydrogen-bond donors (Lipinski definition) is 1. The number of benzene rings is 1. The molecule has 0 saturated heterocycles. The van der Waals surface area contributed by atoms with Gasteiger partial charge in [-0.2, -0.15) is 0 Å². The van der Waals surface area contributed by atoms with Crippen LogP contribution in [-0.4, -0.2) is 15.4 Å². The van der Waals surface area contributed by atoms with Crippen molar-refractivity contribution in [2.24, 2.45) is 0 Å². The summed E-state index contributed by atoms with van der Waals surface area (Å²) in [6.45, 7) is 2.95. The van der Waals surface area contributed by atoms with Gasteiger partial charge in [-0.15, -0.1) is 0 Å². The van der Waals surface area contributed by atoms with E-state index in [0.717, 1.165) is 16.8 Å². The van der Waals surface area contributed by atoms with Crippen molar-refractivity contribution in [2.45, 2.75) is 19.9 Å². The molecule has 1 heterocycles. The topological polar surface area (TPSA) is 94.2 Å². The lowest BCUT2D eigenvalue weighted by Gasteiger charge is -2.16.